The second kappa shape index (κ2) is 12.9. The van der Waals surface area contributed by atoms with E-state index in [9.17, 15) is 0 Å². The normalized spacial score (nSPS) is 22.7. The van der Waals surface area contributed by atoms with Crippen molar-refractivity contribution in [2.75, 3.05) is 39.9 Å². The predicted molar refractivity (Wildman–Crippen MR) is 132 cm³/mol. The van der Waals surface area contributed by atoms with Crippen LogP contribution in [-0.4, -0.2) is 77.7 Å². The number of aliphatic imine (C=N–C) groups is 1. The van der Waals surface area contributed by atoms with E-state index in [0.29, 0.717) is 12.2 Å². The van der Waals surface area contributed by atoms with Gasteiger partial charge in [0.1, 0.15) is 11.6 Å². The molecule has 0 amide bonds. The molecule has 0 bridgehead atoms. The Bertz CT molecular complexity index is 684. The molecule has 31 heavy (non-hydrogen) atoms. The number of fused-ring (bicyclic) bond motifs is 1. The van der Waals surface area contributed by atoms with E-state index in [1.54, 1.807) is 0 Å². The van der Waals surface area contributed by atoms with E-state index in [1.807, 2.05) is 7.05 Å². The van der Waals surface area contributed by atoms with E-state index in [2.05, 4.69) is 30.0 Å². The van der Waals surface area contributed by atoms with E-state index in [-0.39, 0.29) is 24.0 Å². The number of nitrogens with one attached hydrogen (secondary N) is 1. The first-order chi connectivity index (χ1) is 14.8. The fourth-order valence-corrected chi connectivity index (χ4v) is 4.76. The van der Waals surface area contributed by atoms with Crippen LogP contribution in [0.25, 0.3) is 0 Å². The van der Waals surface area contributed by atoms with Crippen molar-refractivity contribution in [3.8, 4) is 0 Å². The summed E-state index contributed by atoms with van der Waals surface area (Å²) in [4.78, 5) is 6.86. The fraction of sp³-hybridized carbons (Fsp3) is 0.864. The van der Waals surface area contributed by atoms with Gasteiger partial charge in [0.25, 0.3) is 0 Å². The number of hydrogen-bond acceptors (Lipinski definition) is 5. The SMILES string of the molecule is CN=C(NCCCc1nnc2n1CCCCC2)N1CCC(OCC2CCCO2)CC1.I. The molecule has 8 nitrogen and oxygen atoms in total. The molecule has 3 aliphatic rings. The van der Waals surface area contributed by atoms with Crippen molar-refractivity contribution in [1.82, 2.24) is 25.0 Å². The van der Waals surface area contributed by atoms with Gasteiger partial charge >= 0.3 is 0 Å². The summed E-state index contributed by atoms with van der Waals surface area (Å²) < 4.78 is 14.1. The zero-order chi connectivity index (χ0) is 20.6. The maximum absolute atomic E-state index is 6.10. The average Bonchev–Trinajstić information content (AvgIpc) is 3.37. The van der Waals surface area contributed by atoms with Crippen LogP contribution in [0.4, 0.5) is 0 Å². The molecule has 3 aliphatic heterocycles. The molecule has 0 saturated carbocycles. The van der Waals surface area contributed by atoms with Crippen molar-refractivity contribution in [3.05, 3.63) is 11.6 Å². The summed E-state index contributed by atoms with van der Waals surface area (Å²) in [7, 11) is 1.88. The topological polar surface area (TPSA) is 76.8 Å². The lowest BCUT2D eigenvalue weighted by Crippen LogP contribution is -2.47. The summed E-state index contributed by atoms with van der Waals surface area (Å²) in [6, 6.07) is 0. The Hall–Kier alpha value is -0.940. The number of aryl methyl sites for hydroxylation is 2. The number of rotatable bonds is 7. The van der Waals surface area contributed by atoms with Gasteiger partial charge in [-0.15, -0.1) is 34.2 Å². The molecule has 0 aliphatic carbocycles. The molecule has 1 aromatic heterocycles. The van der Waals surface area contributed by atoms with Crippen molar-refractivity contribution < 1.29 is 9.47 Å². The quantitative estimate of drug-likeness (QED) is 0.246. The van der Waals surface area contributed by atoms with E-state index in [0.717, 1.165) is 89.7 Å². The van der Waals surface area contributed by atoms with E-state index >= 15 is 0 Å². The molecule has 176 valence electrons. The third-order valence-corrected chi connectivity index (χ3v) is 6.54. The number of ether oxygens (including phenoxy) is 2. The molecule has 4 heterocycles. The summed E-state index contributed by atoms with van der Waals surface area (Å²) >= 11 is 0. The van der Waals surface area contributed by atoms with Gasteiger partial charge in [-0.05, 0) is 44.9 Å². The lowest BCUT2D eigenvalue weighted by Gasteiger charge is -2.34. The number of hydrogen-bond donors (Lipinski definition) is 1. The number of nitrogens with zero attached hydrogens (tertiary/aromatic N) is 5. The summed E-state index contributed by atoms with van der Waals surface area (Å²) in [6.07, 6.45) is 12.0. The van der Waals surface area contributed by atoms with Crippen molar-refractivity contribution >= 4 is 29.9 Å². The number of aromatic nitrogens is 3. The molecular weight excluding hydrogens is 507 g/mol. The molecular formula is C22H39IN6O2. The number of likely N-dealkylation sites (tertiary alicyclic amines) is 1. The van der Waals surface area contributed by atoms with Gasteiger partial charge in [-0.3, -0.25) is 4.99 Å². The van der Waals surface area contributed by atoms with Crippen LogP contribution in [0.3, 0.4) is 0 Å². The van der Waals surface area contributed by atoms with Crippen LogP contribution in [-0.2, 0) is 28.9 Å². The van der Waals surface area contributed by atoms with Crippen molar-refractivity contribution in [3.63, 3.8) is 0 Å². The van der Waals surface area contributed by atoms with Crippen LogP contribution in [0, 0.1) is 0 Å². The Morgan fingerprint density at radius 1 is 1.13 bits per heavy atom. The second-order valence-electron chi connectivity index (χ2n) is 8.73. The molecule has 9 heteroatoms. The first kappa shape index (κ1) is 24.7. The molecule has 0 spiro atoms. The number of halogens is 1. The van der Waals surface area contributed by atoms with Crippen molar-refractivity contribution in [2.24, 2.45) is 4.99 Å². The van der Waals surface area contributed by atoms with Crippen LogP contribution in [0.5, 0.6) is 0 Å². The van der Waals surface area contributed by atoms with Crippen LogP contribution in [0.2, 0.25) is 0 Å². The van der Waals surface area contributed by atoms with Gasteiger partial charge in [0.15, 0.2) is 5.96 Å². The van der Waals surface area contributed by atoms with Gasteiger partial charge in [-0.1, -0.05) is 6.42 Å². The van der Waals surface area contributed by atoms with Crippen LogP contribution < -0.4 is 5.32 Å². The molecule has 1 atom stereocenters. The van der Waals surface area contributed by atoms with Crippen LogP contribution >= 0.6 is 24.0 Å². The Labute approximate surface area is 203 Å². The summed E-state index contributed by atoms with van der Waals surface area (Å²) in [5.74, 6) is 3.33. The smallest absolute Gasteiger partial charge is 0.193 e. The van der Waals surface area contributed by atoms with Gasteiger partial charge in [0.05, 0.1) is 18.8 Å². The molecule has 1 N–H and O–H groups in total. The molecule has 2 saturated heterocycles. The zero-order valence-corrected chi connectivity index (χ0v) is 21.3. The van der Waals surface area contributed by atoms with Gasteiger partial charge < -0.3 is 24.3 Å². The van der Waals surface area contributed by atoms with Gasteiger partial charge in [-0.25, -0.2) is 0 Å². The van der Waals surface area contributed by atoms with E-state index in [1.165, 1.54) is 31.5 Å². The molecule has 0 radical (unpaired) electrons. The highest BCUT2D eigenvalue weighted by atomic mass is 127. The van der Waals surface area contributed by atoms with Crippen LogP contribution in [0.1, 0.15) is 63.0 Å². The average molecular weight is 546 g/mol. The predicted octanol–water partition coefficient (Wildman–Crippen LogP) is 2.79. The Morgan fingerprint density at radius 2 is 2.00 bits per heavy atom. The Balaban J connectivity index is 0.00000272. The fourth-order valence-electron chi connectivity index (χ4n) is 4.76. The number of guanidine groups is 1. The van der Waals surface area contributed by atoms with E-state index < -0.39 is 0 Å². The van der Waals surface area contributed by atoms with Gasteiger partial charge in [0.2, 0.25) is 0 Å². The lowest BCUT2D eigenvalue weighted by atomic mass is 10.1. The highest BCUT2D eigenvalue weighted by molar-refractivity contribution is 14.0. The van der Waals surface area contributed by atoms with Gasteiger partial charge in [-0.2, -0.15) is 0 Å². The molecule has 1 unspecified atom stereocenters. The third kappa shape index (κ3) is 7.02. The first-order valence-electron chi connectivity index (χ1n) is 11.9. The zero-order valence-electron chi connectivity index (χ0n) is 18.9. The molecule has 0 aromatic carbocycles. The highest BCUT2D eigenvalue weighted by Gasteiger charge is 2.24. The minimum atomic E-state index is 0. The first-order valence-corrected chi connectivity index (χ1v) is 11.9. The second-order valence-corrected chi connectivity index (χ2v) is 8.73. The van der Waals surface area contributed by atoms with E-state index in [4.69, 9.17) is 9.47 Å². The van der Waals surface area contributed by atoms with Gasteiger partial charge in [0, 0.05) is 52.7 Å². The maximum atomic E-state index is 6.10. The monoisotopic (exact) mass is 546 g/mol. The summed E-state index contributed by atoms with van der Waals surface area (Å²) in [6.45, 7) is 5.63. The summed E-state index contributed by atoms with van der Waals surface area (Å²) in [5, 5.41) is 12.4. The van der Waals surface area contributed by atoms with Crippen LogP contribution in [0.15, 0.2) is 4.99 Å². The molecule has 2 fully saturated rings. The largest absolute Gasteiger partial charge is 0.376 e. The Morgan fingerprint density at radius 3 is 2.77 bits per heavy atom. The summed E-state index contributed by atoms with van der Waals surface area (Å²) in [5.41, 5.74) is 0. The number of piperidine rings is 1. The van der Waals surface area contributed by atoms with Crippen molar-refractivity contribution in [2.45, 2.75) is 83.0 Å². The minimum absolute atomic E-state index is 0. The Kier molecular flexibility index (Phi) is 10.3. The van der Waals surface area contributed by atoms with Crippen molar-refractivity contribution in [1.29, 1.82) is 0 Å². The third-order valence-electron chi connectivity index (χ3n) is 6.54. The maximum Gasteiger partial charge on any atom is 0.193 e. The lowest BCUT2D eigenvalue weighted by molar-refractivity contribution is -0.0367. The standard InChI is InChI=1S/C22H38N6O2.HI/c1-23-22(27-14-10-18(11-15-27)30-17-19-7-6-16-29-19)24-12-5-9-21-26-25-20-8-3-2-4-13-28(20)21;/h18-19H,2-17H2,1H3,(H,23,24);1H. The molecule has 1 aromatic rings. The minimum Gasteiger partial charge on any atom is -0.376 e. The molecule has 4 rings (SSSR count). The highest BCUT2D eigenvalue weighted by Crippen LogP contribution is 2.18.